The summed E-state index contributed by atoms with van der Waals surface area (Å²) in [6.07, 6.45) is 3.13. The summed E-state index contributed by atoms with van der Waals surface area (Å²) in [5, 5.41) is 4.57. The highest BCUT2D eigenvalue weighted by atomic mass is 35.5. The zero-order valence-electron chi connectivity index (χ0n) is 10.9. The van der Waals surface area contributed by atoms with Gasteiger partial charge >= 0.3 is 0 Å². The average molecular weight is 243 g/mol. The van der Waals surface area contributed by atoms with Crippen molar-refractivity contribution in [3.05, 3.63) is 17.5 Å². The molecule has 0 radical (unpaired) electrons. The van der Waals surface area contributed by atoms with Crippen molar-refractivity contribution in [2.24, 2.45) is 5.41 Å². The van der Waals surface area contributed by atoms with Crippen LogP contribution in [0, 0.1) is 5.41 Å². The Balaban J connectivity index is 2.90. The van der Waals surface area contributed by atoms with Crippen LogP contribution in [0.15, 0.2) is 6.07 Å². The van der Waals surface area contributed by atoms with Gasteiger partial charge in [-0.15, -0.1) is 11.6 Å². The molecule has 0 saturated heterocycles. The van der Waals surface area contributed by atoms with Crippen LogP contribution in [0.2, 0.25) is 0 Å². The number of hydrogen-bond acceptors (Lipinski definition) is 1. The lowest BCUT2D eigenvalue weighted by Crippen LogP contribution is -2.22. The number of halogens is 1. The molecule has 0 N–H and O–H groups in total. The van der Waals surface area contributed by atoms with Crippen molar-refractivity contribution in [1.29, 1.82) is 0 Å². The lowest BCUT2D eigenvalue weighted by Gasteiger charge is -2.25. The molecule has 3 heteroatoms. The predicted octanol–water partition coefficient (Wildman–Crippen LogP) is 3.66. The van der Waals surface area contributed by atoms with E-state index >= 15 is 0 Å². The van der Waals surface area contributed by atoms with Gasteiger partial charge in [-0.3, -0.25) is 4.68 Å². The SMILES string of the molecule is CCc1cc(CC(C)(CC)CCl)n(CC)n1. The fraction of sp³-hybridized carbons (Fsp3) is 0.769. The van der Waals surface area contributed by atoms with Crippen molar-refractivity contribution in [3.8, 4) is 0 Å². The molecule has 1 rings (SSSR count). The summed E-state index contributed by atoms with van der Waals surface area (Å²) in [5.74, 6) is 0.708. The maximum Gasteiger partial charge on any atom is 0.0624 e. The number of alkyl halides is 1. The first-order valence-electron chi connectivity index (χ1n) is 6.20. The van der Waals surface area contributed by atoms with Crippen LogP contribution in [0.25, 0.3) is 0 Å². The Labute approximate surface area is 104 Å². The first-order chi connectivity index (χ1) is 7.58. The molecule has 1 unspecified atom stereocenters. The van der Waals surface area contributed by atoms with Gasteiger partial charge in [-0.25, -0.2) is 0 Å². The third-order valence-corrected chi connectivity index (χ3v) is 4.00. The maximum absolute atomic E-state index is 6.07. The third-order valence-electron chi connectivity index (χ3n) is 3.36. The molecule has 0 aromatic carbocycles. The van der Waals surface area contributed by atoms with Crippen molar-refractivity contribution >= 4 is 11.6 Å². The van der Waals surface area contributed by atoms with E-state index in [9.17, 15) is 0 Å². The van der Waals surface area contributed by atoms with Gasteiger partial charge in [0.05, 0.1) is 5.69 Å². The molecule has 0 aliphatic rings. The number of aryl methyl sites for hydroxylation is 2. The molecular formula is C13H23ClN2. The molecule has 92 valence electrons. The zero-order valence-corrected chi connectivity index (χ0v) is 11.6. The minimum atomic E-state index is 0.194. The lowest BCUT2D eigenvalue weighted by molar-refractivity contribution is 0.343. The predicted molar refractivity (Wildman–Crippen MR) is 70.1 cm³/mol. The highest BCUT2D eigenvalue weighted by molar-refractivity contribution is 6.18. The minimum absolute atomic E-state index is 0.194. The highest BCUT2D eigenvalue weighted by Gasteiger charge is 2.23. The fourth-order valence-corrected chi connectivity index (χ4v) is 2.09. The first kappa shape index (κ1) is 13.6. The summed E-state index contributed by atoms with van der Waals surface area (Å²) >= 11 is 6.07. The molecule has 1 heterocycles. The number of rotatable bonds is 6. The van der Waals surface area contributed by atoms with Crippen LogP contribution >= 0.6 is 11.6 Å². The molecule has 0 saturated carbocycles. The van der Waals surface area contributed by atoms with Crippen molar-refractivity contribution in [2.75, 3.05) is 5.88 Å². The molecule has 1 aromatic rings. The normalized spacial score (nSPS) is 15.1. The van der Waals surface area contributed by atoms with Crippen LogP contribution in [-0.4, -0.2) is 15.7 Å². The molecule has 0 aliphatic carbocycles. The van der Waals surface area contributed by atoms with Gasteiger partial charge in [-0.05, 0) is 37.7 Å². The van der Waals surface area contributed by atoms with Crippen LogP contribution in [0.4, 0.5) is 0 Å². The van der Waals surface area contributed by atoms with Gasteiger partial charge in [0.2, 0.25) is 0 Å². The molecule has 1 atom stereocenters. The summed E-state index contributed by atoms with van der Waals surface area (Å²) in [6, 6.07) is 2.23. The Kier molecular flexibility index (Phi) is 4.85. The van der Waals surface area contributed by atoms with E-state index in [1.165, 1.54) is 11.4 Å². The zero-order chi connectivity index (χ0) is 12.2. The van der Waals surface area contributed by atoms with Crippen LogP contribution in [0.5, 0.6) is 0 Å². The second-order valence-corrected chi connectivity index (χ2v) is 5.04. The smallest absolute Gasteiger partial charge is 0.0624 e. The van der Waals surface area contributed by atoms with Gasteiger partial charge in [0.25, 0.3) is 0 Å². The van der Waals surface area contributed by atoms with E-state index in [-0.39, 0.29) is 5.41 Å². The largest absolute Gasteiger partial charge is 0.270 e. The summed E-state index contributed by atoms with van der Waals surface area (Å²) in [6.45, 7) is 9.68. The van der Waals surface area contributed by atoms with E-state index < -0.39 is 0 Å². The molecular weight excluding hydrogens is 220 g/mol. The molecule has 0 fully saturated rings. The Morgan fingerprint density at radius 2 is 2.06 bits per heavy atom. The second-order valence-electron chi connectivity index (χ2n) is 4.77. The van der Waals surface area contributed by atoms with Gasteiger partial charge in [0, 0.05) is 18.1 Å². The summed E-state index contributed by atoms with van der Waals surface area (Å²) < 4.78 is 2.11. The standard InChI is InChI=1S/C13H23ClN2/c1-5-11-8-12(16(7-3)15-11)9-13(4,6-2)10-14/h8H,5-7,9-10H2,1-4H3. The molecule has 0 amide bonds. The molecule has 0 aliphatic heterocycles. The number of nitrogens with zero attached hydrogens (tertiary/aromatic N) is 2. The third kappa shape index (κ3) is 3.00. The topological polar surface area (TPSA) is 17.8 Å². The monoisotopic (exact) mass is 242 g/mol. The van der Waals surface area contributed by atoms with Crippen molar-refractivity contribution in [3.63, 3.8) is 0 Å². The van der Waals surface area contributed by atoms with E-state index in [0.29, 0.717) is 5.88 Å². The molecule has 16 heavy (non-hydrogen) atoms. The van der Waals surface area contributed by atoms with Crippen molar-refractivity contribution in [2.45, 2.75) is 53.5 Å². The summed E-state index contributed by atoms with van der Waals surface area (Å²) in [7, 11) is 0. The van der Waals surface area contributed by atoms with E-state index in [1.54, 1.807) is 0 Å². The molecule has 2 nitrogen and oxygen atoms in total. The van der Waals surface area contributed by atoms with Crippen LogP contribution in [0.1, 0.15) is 45.5 Å². The Bertz CT molecular complexity index is 327. The van der Waals surface area contributed by atoms with Gasteiger partial charge in [-0.1, -0.05) is 20.8 Å². The summed E-state index contributed by atoms with van der Waals surface area (Å²) in [4.78, 5) is 0. The van der Waals surface area contributed by atoms with Crippen LogP contribution in [0.3, 0.4) is 0 Å². The Morgan fingerprint density at radius 3 is 2.50 bits per heavy atom. The van der Waals surface area contributed by atoms with Gasteiger partial charge in [0.15, 0.2) is 0 Å². The number of hydrogen-bond donors (Lipinski definition) is 0. The number of aromatic nitrogens is 2. The average Bonchev–Trinajstić information content (AvgIpc) is 2.71. The second kappa shape index (κ2) is 5.72. The van der Waals surface area contributed by atoms with Gasteiger partial charge < -0.3 is 0 Å². The van der Waals surface area contributed by atoms with Crippen LogP contribution < -0.4 is 0 Å². The Hall–Kier alpha value is -0.500. The fourth-order valence-electron chi connectivity index (χ4n) is 1.81. The molecule has 1 aromatic heterocycles. The molecule has 0 spiro atoms. The van der Waals surface area contributed by atoms with E-state index in [2.05, 4.69) is 43.5 Å². The molecule has 0 bridgehead atoms. The maximum atomic E-state index is 6.07. The highest BCUT2D eigenvalue weighted by Crippen LogP contribution is 2.28. The quantitative estimate of drug-likeness (QED) is 0.696. The van der Waals surface area contributed by atoms with Crippen molar-refractivity contribution in [1.82, 2.24) is 9.78 Å². The summed E-state index contributed by atoms with van der Waals surface area (Å²) in [5.41, 5.74) is 2.70. The first-order valence-corrected chi connectivity index (χ1v) is 6.73. The van der Waals surface area contributed by atoms with E-state index in [0.717, 1.165) is 25.8 Å². The van der Waals surface area contributed by atoms with Crippen LogP contribution in [-0.2, 0) is 19.4 Å². The van der Waals surface area contributed by atoms with Gasteiger partial charge in [-0.2, -0.15) is 5.10 Å². The van der Waals surface area contributed by atoms with E-state index in [1.807, 2.05) is 0 Å². The lowest BCUT2D eigenvalue weighted by atomic mass is 9.85. The van der Waals surface area contributed by atoms with Gasteiger partial charge in [0.1, 0.15) is 0 Å². The van der Waals surface area contributed by atoms with Crippen molar-refractivity contribution < 1.29 is 0 Å². The Morgan fingerprint density at radius 1 is 1.38 bits per heavy atom. The van der Waals surface area contributed by atoms with E-state index in [4.69, 9.17) is 11.6 Å². The minimum Gasteiger partial charge on any atom is -0.270 e.